The molecule has 0 saturated carbocycles. The van der Waals surface area contributed by atoms with Crippen molar-refractivity contribution < 1.29 is 8.94 Å². The molecule has 0 radical (unpaired) electrons. The summed E-state index contributed by atoms with van der Waals surface area (Å²) >= 11 is 5.88. The number of oxazole rings is 1. The molecule has 3 aromatic heterocycles. The second-order valence-corrected chi connectivity index (χ2v) is 5.32. The standard InChI is InChI=1S/C16H11ClN4O2/c1-2-14-19-11-7-9(3-4-12(11)22-14)15-20-16(23-21-15)10-5-6-18-13(17)8-10/h3-8H,2H2,1H3. The van der Waals surface area contributed by atoms with E-state index in [2.05, 4.69) is 20.1 Å². The van der Waals surface area contributed by atoms with Crippen LogP contribution in [0, 0.1) is 0 Å². The van der Waals surface area contributed by atoms with Gasteiger partial charge in [0, 0.05) is 23.7 Å². The number of aromatic nitrogens is 4. The van der Waals surface area contributed by atoms with E-state index < -0.39 is 0 Å². The molecule has 3 heterocycles. The summed E-state index contributed by atoms with van der Waals surface area (Å²) in [6, 6.07) is 9.05. The van der Waals surface area contributed by atoms with Gasteiger partial charge in [0.1, 0.15) is 10.7 Å². The van der Waals surface area contributed by atoms with Gasteiger partial charge in [-0.05, 0) is 30.3 Å². The van der Waals surface area contributed by atoms with Gasteiger partial charge in [0.2, 0.25) is 5.82 Å². The number of rotatable bonds is 3. The first kappa shape index (κ1) is 13.9. The highest BCUT2D eigenvalue weighted by Gasteiger charge is 2.13. The minimum absolute atomic E-state index is 0.373. The molecule has 0 atom stereocenters. The first-order valence-corrected chi connectivity index (χ1v) is 7.46. The summed E-state index contributed by atoms with van der Waals surface area (Å²) in [6.07, 6.45) is 2.34. The van der Waals surface area contributed by atoms with Crippen LogP contribution in [0.3, 0.4) is 0 Å². The van der Waals surface area contributed by atoms with Crippen LogP contribution < -0.4 is 0 Å². The van der Waals surface area contributed by atoms with Crippen LogP contribution >= 0.6 is 11.6 Å². The first-order chi connectivity index (χ1) is 11.2. The maximum absolute atomic E-state index is 5.88. The summed E-state index contributed by atoms with van der Waals surface area (Å²) < 4.78 is 10.9. The summed E-state index contributed by atoms with van der Waals surface area (Å²) in [5, 5.41) is 4.39. The molecule has 6 nitrogen and oxygen atoms in total. The maximum Gasteiger partial charge on any atom is 0.258 e. The molecule has 0 bridgehead atoms. The van der Waals surface area contributed by atoms with E-state index in [1.54, 1.807) is 18.3 Å². The number of benzene rings is 1. The van der Waals surface area contributed by atoms with Crippen molar-refractivity contribution in [1.82, 2.24) is 20.1 Å². The summed E-state index contributed by atoms with van der Waals surface area (Å²) in [5.41, 5.74) is 3.05. The van der Waals surface area contributed by atoms with Gasteiger partial charge in [-0.25, -0.2) is 9.97 Å². The van der Waals surface area contributed by atoms with Gasteiger partial charge >= 0.3 is 0 Å². The number of halogens is 1. The maximum atomic E-state index is 5.88. The zero-order chi connectivity index (χ0) is 15.8. The lowest BCUT2D eigenvalue weighted by Gasteiger charge is -1.94. The topological polar surface area (TPSA) is 77.8 Å². The van der Waals surface area contributed by atoms with Gasteiger partial charge in [0.25, 0.3) is 5.89 Å². The second-order valence-electron chi connectivity index (χ2n) is 4.93. The Morgan fingerprint density at radius 1 is 1.09 bits per heavy atom. The SMILES string of the molecule is CCc1nc2cc(-c3noc(-c4ccnc(Cl)c4)n3)ccc2o1. The Bertz CT molecular complexity index is 993. The third-order valence-corrected chi connectivity index (χ3v) is 3.60. The fourth-order valence-corrected chi connectivity index (χ4v) is 2.43. The molecule has 4 aromatic rings. The van der Waals surface area contributed by atoms with Crippen LogP contribution in [0.2, 0.25) is 5.15 Å². The van der Waals surface area contributed by atoms with Crippen molar-refractivity contribution in [3.8, 4) is 22.8 Å². The minimum Gasteiger partial charge on any atom is -0.441 e. The van der Waals surface area contributed by atoms with Crippen LogP contribution in [0.1, 0.15) is 12.8 Å². The molecule has 0 amide bonds. The molecule has 1 aromatic carbocycles. The van der Waals surface area contributed by atoms with Gasteiger partial charge in [0.15, 0.2) is 11.5 Å². The molecule has 0 unspecified atom stereocenters. The van der Waals surface area contributed by atoms with Crippen LogP contribution in [0.15, 0.2) is 45.5 Å². The van der Waals surface area contributed by atoms with Crippen LogP contribution in [-0.2, 0) is 6.42 Å². The van der Waals surface area contributed by atoms with E-state index in [9.17, 15) is 0 Å². The molecule has 114 valence electrons. The normalized spacial score (nSPS) is 11.2. The number of hydrogen-bond donors (Lipinski definition) is 0. The van der Waals surface area contributed by atoms with Crippen molar-refractivity contribution in [2.24, 2.45) is 0 Å². The van der Waals surface area contributed by atoms with E-state index in [1.165, 1.54) is 0 Å². The third-order valence-electron chi connectivity index (χ3n) is 3.39. The largest absolute Gasteiger partial charge is 0.441 e. The summed E-state index contributed by atoms with van der Waals surface area (Å²) in [4.78, 5) is 12.8. The van der Waals surface area contributed by atoms with Crippen LogP contribution in [0.4, 0.5) is 0 Å². The third kappa shape index (κ3) is 2.57. The average molecular weight is 327 g/mol. The summed E-state index contributed by atoms with van der Waals surface area (Å²) in [5.74, 6) is 1.58. The lowest BCUT2D eigenvalue weighted by Crippen LogP contribution is -1.83. The van der Waals surface area contributed by atoms with E-state index in [0.717, 1.165) is 28.6 Å². The quantitative estimate of drug-likeness (QED) is 0.526. The van der Waals surface area contributed by atoms with Gasteiger partial charge in [-0.1, -0.05) is 23.7 Å². The van der Waals surface area contributed by atoms with E-state index in [0.29, 0.717) is 22.8 Å². The Labute approximate surface area is 136 Å². The fourth-order valence-electron chi connectivity index (χ4n) is 2.26. The molecule has 4 rings (SSSR count). The molecule has 7 heteroatoms. The highest BCUT2D eigenvalue weighted by Crippen LogP contribution is 2.26. The molecule has 0 aliphatic rings. The lowest BCUT2D eigenvalue weighted by molar-refractivity contribution is 0.432. The van der Waals surface area contributed by atoms with Gasteiger partial charge in [-0.15, -0.1) is 0 Å². The predicted octanol–water partition coefficient (Wildman–Crippen LogP) is 4.16. The molecule has 0 N–H and O–H groups in total. The van der Waals surface area contributed by atoms with Gasteiger partial charge in [-0.2, -0.15) is 4.98 Å². The number of fused-ring (bicyclic) bond motifs is 1. The van der Waals surface area contributed by atoms with E-state index >= 15 is 0 Å². The van der Waals surface area contributed by atoms with Crippen molar-refractivity contribution in [2.75, 3.05) is 0 Å². The Morgan fingerprint density at radius 2 is 2.00 bits per heavy atom. The van der Waals surface area contributed by atoms with Crippen molar-refractivity contribution >= 4 is 22.7 Å². The number of pyridine rings is 1. The number of hydrogen-bond acceptors (Lipinski definition) is 6. The number of aryl methyl sites for hydroxylation is 1. The van der Waals surface area contributed by atoms with E-state index in [-0.39, 0.29) is 0 Å². The fraction of sp³-hybridized carbons (Fsp3) is 0.125. The van der Waals surface area contributed by atoms with Crippen LogP contribution in [0.5, 0.6) is 0 Å². The minimum atomic E-state index is 0.373. The summed E-state index contributed by atoms with van der Waals surface area (Å²) in [7, 11) is 0. The zero-order valence-electron chi connectivity index (χ0n) is 12.2. The van der Waals surface area contributed by atoms with Gasteiger partial charge < -0.3 is 8.94 Å². The Morgan fingerprint density at radius 3 is 2.83 bits per heavy atom. The highest BCUT2D eigenvalue weighted by atomic mass is 35.5. The molecular formula is C16H11ClN4O2. The monoisotopic (exact) mass is 326 g/mol. The van der Waals surface area contributed by atoms with Gasteiger partial charge in [-0.3, -0.25) is 0 Å². The molecule has 0 fully saturated rings. The predicted molar refractivity (Wildman–Crippen MR) is 84.9 cm³/mol. The Hall–Kier alpha value is -2.73. The van der Waals surface area contributed by atoms with Crippen LogP contribution in [0.25, 0.3) is 33.9 Å². The molecule has 0 saturated heterocycles. The van der Waals surface area contributed by atoms with Crippen molar-refractivity contribution in [1.29, 1.82) is 0 Å². The lowest BCUT2D eigenvalue weighted by atomic mass is 10.2. The van der Waals surface area contributed by atoms with E-state index in [1.807, 2.05) is 25.1 Å². The zero-order valence-corrected chi connectivity index (χ0v) is 12.9. The van der Waals surface area contributed by atoms with Crippen molar-refractivity contribution in [2.45, 2.75) is 13.3 Å². The summed E-state index contributed by atoms with van der Waals surface area (Å²) in [6.45, 7) is 2.00. The molecular weight excluding hydrogens is 316 g/mol. The smallest absolute Gasteiger partial charge is 0.258 e. The average Bonchev–Trinajstić information content (AvgIpc) is 3.20. The first-order valence-electron chi connectivity index (χ1n) is 7.08. The van der Waals surface area contributed by atoms with Crippen LogP contribution in [-0.4, -0.2) is 20.1 Å². The Balaban J connectivity index is 1.73. The van der Waals surface area contributed by atoms with E-state index in [4.69, 9.17) is 20.5 Å². The highest BCUT2D eigenvalue weighted by molar-refractivity contribution is 6.29. The van der Waals surface area contributed by atoms with Gasteiger partial charge in [0.05, 0.1) is 0 Å². The number of nitrogens with zero attached hydrogens (tertiary/aromatic N) is 4. The van der Waals surface area contributed by atoms with Crippen molar-refractivity contribution in [3.63, 3.8) is 0 Å². The Kier molecular flexibility index (Phi) is 3.31. The van der Waals surface area contributed by atoms with Crippen molar-refractivity contribution in [3.05, 3.63) is 47.6 Å². The molecule has 23 heavy (non-hydrogen) atoms. The molecule has 0 aliphatic heterocycles. The second kappa shape index (κ2) is 5.48. The molecule has 0 aliphatic carbocycles. The molecule has 0 spiro atoms.